The van der Waals surface area contributed by atoms with Crippen LogP contribution in [-0.2, 0) is 20.5 Å². The molecule has 1 N–H and O–H groups in total. The van der Waals surface area contributed by atoms with Gasteiger partial charge in [0.25, 0.3) is 0 Å². The van der Waals surface area contributed by atoms with Gasteiger partial charge >= 0.3 is 18.5 Å². The summed E-state index contributed by atoms with van der Waals surface area (Å²) >= 11 is 5.84. The van der Waals surface area contributed by atoms with Gasteiger partial charge in [-0.3, -0.25) is 14.6 Å². The van der Waals surface area contributed by atoms with Gasteiger partial charge < -0.3 is 14.8 Å². The Kier molecular flexibility index (Phi) is 7.96. The Bertz CT molecular complexity index is 1220. The Morgan fingerprint density at radius 3 is 2.43 bits per heavy atom. The number of benzene rings is 2. The molecule has 0 aliphatic carbocycles. The van der Waals surface area contributed by atoms with Crippen LogP contribution in [0.2, 0.25) is 5.02 Å². The second-order valence-corrected chi connectivity index (χ2v) is 8.55. The number of amides is 1. The van der Waals surface area contributed by atoms with Crippen molar-refractivity contribution in [3.8, 4) is 5.75 Å². The molecule has 0 saturated carbocycles. The van der Waals surface area contributed by atoms with E-state index in [0.717, 1.165) is 30.3 Å². The molecule has 0 spiro atoms. The highest BCUT2D eigenvalue weighted by atomic mass is 35.5. The summed E-state index contributed by atoms with van der Waals surface area (Å²) in [5.74, 6) is -1.95. The third-order valence-corrected chi connectivity index (χ3v) is 5.53. The number of hydrogen-bond acceptors (Lipinski definition) is 6. The molecule has 1 aliphatic rings. The zero-order valence-corrected chi connectivity index (χ0v) is 20.1. The molecule has 1 aliphatic heterocycles. The van der Waals surface area contributed by atoms with E-state index in [1.807, 2.05) is 0 Å². The first-order chi connectivity index (χ1) is 17.1. The number of hydrazone groups is 1. The number of carbonyl (C=O) groups excluding carboxylic acids is 2. The average Bonchev–Trinajstić information content (AvgIpc) is 3.09. The molecule has 7 nitrogen and oxygen atoms in total. The highest BCUT2D eigenvalue weighted by Gasteiger charge is 2.47. The van der Waals surface area contributed by atoms with Crippen molar-refractivity contribution in [1.29, 1.82) is 0 Å². The van der Waals surface area contributed by atoms with Crippen LogP contribution in [-0.4, -0.2) is 48.7 Å². The lowest BCUT2D eigenvalue weighted by Crippen LogP contribution is -2.41. The molecule has 3 rings (SSSR count). The maximum Gasteiger partial charge on any atom is 0.573 e. The van der Waals surface area contributed by atoms with Crippen LogP contribution in [0.15, 0.2) is 47.6 Å². The third-order valence-electron chi connectivity index (χ3n) is 5.21. The fourth-order valence-electron chi connectivity index (χ4n) is 3.68. The van der Waals surface area contributed by atoms with Crippen molar-refractivity contribution in [2.75, 3.05) is 25.0 Å². The molecule has 14 heteroatoms. The zero-order chi connectivity index (χ0) is 27.6. The van der Waals surface area contributed by atoms with E-state index in [1.165, 1.54) is 24.1 Å². The topological polar surface area (TPSA) is 80.2 Å². The van der Waals surface area contributed by atoms with Crippen LogP contribution in [0, 0.1) is 5.41 Å². The van der Waals surface area contributed by atoms with Crippen molar-refractivity contribution < 1.29 is 45.4 Å². The molecule has 0 bridgehead atoms. The number of anilines is 1. The van der Waals surface area contributed by atoms with Gasteiger partial charge in [0.2, 0.25) is 5.91 Å². The SMILES string of the molecule is CCOC(=O)C1(C)CN(CC(=O)Nc2cccc(OC(F)(F)F)c2)N=C1c1ccc(C(F)(F)F)c(Cl)c1. The zero-order valence-electron chi connectivity index (χ0n) is 19.3. The highest BCUT2D eigenvalue weighted by Crippen LogP contribution is 2.38. The van der Waals surface area contributed by atoms with E-state index in [-0.39, 0.29) is 30.1 Å². The molecule has 1 amide bonds. The number of esters is 1. The third kappa shape index (κ3) is 6.85. The number of rotatable bonds is 7. The fraction of sp³-hybridized carbons (Fsp3) is 0.348. The number of ether oxygens (including phenoxy) is 2. The molecule has 0 saturated heterocycles. The van der Waals surface area contributed by atoms with Crippen molar-refractivity contribution in [3.63, 3.8) is 0 Å². The van der Waals surface area contributed by atoms with Crippen molar-refractivity contribution in [3.05, 3.63) is 58.6 Å². The number of hydrogen-bond donors (Lipinski definition) is 1. The molecule has 0 radical (unpaired) electrons. The van der Waals surface area contributed by atoms with Crippen LogP contribution in [0.5, 0.6) is 5.75 Å². The maximum absolute atomic E-state index is 13.1. The lowest BCUT2D eigenvalue weighted by Gasteiger charge is -2.24. The molecule has 200 valence electrons. The predicted molar refractivity (Wildman–Crippen MR) is 121 cm³/mol. The van der Waals surface area contributed by atoms with Crippen LogP contribution in [0.3, 0.4) is 0 Å². The minimum atomic E-state index is -4.91. The molecular formula is C23H20ClF6N3O4. The fourth-order valence-corrected chi connectivity index (χ4v) is 3.96. The largest absolute Gasteiger partial charge is 0.573 e. The van der Waals surface area contributed by atoms with Gasteiger partial charge in [0.1, 0.15) is 17.7 Å². The molecule has 1 atom stereocenters. The Morgan fingerprint density at radius 2 is 1.84 bits per heavy atom. The summed E-state index contributed by atoms with van der Waals surface area (Å²) in [7, 11) is 0. The van der Waals surface area contributed by atoms with Crippen molar-refractivity contribution in [2.24, 2.45) is 10.5 Å². The monoisotopic (exact) mass is 551 g/mol. The van der Waals surface area contributed by atoms with Crippen LogP contribution >= 0.6 is 11.6 Å². The van der Waals surface area contributed by atoms with Crippen LogP contribution in [0.1, 0.15) is 25.0 Å². The second-order valence-electron chi connectivity index (χ2n) is 8.14. The average molecular weight is 552 g/mol. The van der Waals surface area contributed by atoms with E-state index in [0.29, 0.717) is 0 Å². The van der Waals surface area contributed by atoms with Crippen molar-refractivity contribution in [2.45, 2.75) is 26.4 Å². The lowest BCUT2D eigenvalue weighted by atomic mass is 9.82. The summed E-state index contributed by atoms with van der Waals surface area (Å²) in [6.45, 7) is 2.46. The number of nitrogens with one attached hydrogen (secondary N) is 1. The first kappa shape index (κ1) is 28.1. The molecule has 37 heavy (non-hydrogen) atoms. The van der Waals surface area contributed by atoms with Gasteiger partial charge in [0.05, 0.1) is 29.4 Å². The summed E-state index contributed by atoms with van der Waals surface area (Å²) in [4.78, 5) is 25.4. The van der Waals surface area contributed by atoms with Crippen molar-refractivity contribution in [1.82, 2.24) is 5.01 Å². The predicted octanol–water partition coefficient (Wildman–Crippen LogP) is 5.49. The standard InChI is InChI=1S/C23H20ClF6N3O4/c1-3-36-20(35)21(2)12-33(32-19(21)13-7-8-16(17(24)9-13)22(25,26)27)11-18(34)31-14-5-4-6-15(10-14)37-23(28,29)30/h4-10H,3,11-12H2,1-2H3,(H,31,34). The van der Waals surface area contributed by atoms with E-state index in [2.05, 4.69) is 15.2 Å². The van der Waals surface area contributed by atoms with Gasteiger partial charge in [0.15, 0.2) is 0 Å². The maximum atomic E-state index is 13.1. The van der Waals surface area contributed by atoms with Crippen LogP contribution < -0.4 is 10.1 Å². The minimum Gasteiger partial charge on any atom is -0.465 e. The van der Waals surface area contributed by atoms with E-state index in [4.69, 9.17) is 16.3 Å². The highest BCUT2D eigenvalue weighted by molar-refractivity contribution is 6.32. The normalized spacial score (nSPS) is 17.9. The van der Waals surface area contributed by atoms with Crippen molar-refractivity contribution >= 4 is 34.9 Å². The molecule has 0 fully saturated rings. The number of carbonyl (C=O) groups is 2. The van der Waals surface area contributed by atoms with E-state index in [9.17, 15) is 35.9 Å². The molecule has 2 aromatic carbocycles. The van der Waals surface area contributed by atoms with Gasteiger partial charge in [-0.25, -0.2) is 0 Å². The Hall–Kier alpha value is -3.48. The van der Waals surface area contributed by atoms with Crippen LogP contribution in [0.4, 0.5) is 32.0 Å². The molecule has 1 heterocycles. The van der Waals surface area contributed by atoms with Gasteiger partial charge in [-0.2, -0.15) is 18.3 Å². The Morgan fingerprint density at radius 1 is 1.14 bits per heavy atom. The summed E-state index contributed by atoms with van der Waals surface area (Å²) < 4.78 is 85.7. The summed E-state index contributed by atoms with van der Waals surface area (Å²) in [5, 5.41) is 7.27. The molecule has 2 aromatic rings. The smallest absolute Gasteiger partial charge is 0.465 e. The summed E-state index contributed by atoms with van der Waals surface area (Å²) in [6.07, 6.45) is -9.60. The van der Waals surface area contributed by atoms with Gasteiger partial charge in [0, 0.05) is 17.3 Å². The van der Waals surface area contributed by atoms with E-state index >= 15 is 0 Å². The number of nitrogens with zero attached hydrogens (tertiary/aromatic N) is 2. The van der Waals surface area contributed by atoms with Crippen LogP contribution in [0.25, 0.3) is 0 Å². The quantitative estimate of drug-likeness (QED) is 0.364. The first-order valence-electron chi connectivity index (χ1n) is 10.7. The first-order valence-corrected chi connectivity index (χ1v) is 11.0. The van der Waals surface area contributed by atoms with E-state index < -0.39 is 52.7 Å². The second kappa shape index (κ2) is 10.5. The Balaban J connectivity index is 1.84. The Labute approximate surface area is 212 Å². The summed E-state index contributed by atoms with van der Waals surface area (Å²) in [6, 6.07) is 7.51. The van der Waals surface area contributed by atoms with Gasteiger partial charge in [-0.15, -0.1) is 13.2 Å². The lowest BCUT2D eigenvalue weighted by molar-refractivity contribution is -0.274. The van der Waals surface area contributed by atoms with E-state index in [1.54, 1.807) is 6.92 Å². The number of halogens is 7. The van der Waals surface area contributed by atoms with Gasteiger partial charge in [-0.1, -0.05) is 23.7 Å². The molecular weight excluding hydrogens is 532 g/mol. The number of alkyl halides is 6. The summed E-state index contributed by atoms with van der Waals surface area (Å²) in [5.41, 5.74) is -2.36. The molecule has 0 aromatic heterocycles. The van der Waals surface area contributed by atoms with Gasteiger partial charge in [-0.05, 0) is 38.1 Å². The molecule has 1 unspecified atom stereocenters. The minimum absolute atomic E-state index is 0.0119.